The molecule has 2 rings (SSSR count). The molecule has 0 aliphatic carbocycles. The third kappa shape index (κ3) is 1.49. The van der Waals surface area contributed by atoms with Crippen LogP contribution in [0.15, 0.2) is 12.5 Å². The maximum atomic E-state index is 11.3. The second kappa shape index (κ2) is 3.08. The highest BCUT2D eigenvalue weighted by atomic mass is 16.7. The van der Waals surface area contributed by atoms with Gasteiger partial charge in [-0.3, -0.25) is 14.9 Å². The molecule has 1 unspecified atom stereocenters. The Bertz CT molecular complexity index is 265. The monoisotopic (exact) mass is 183 g/mol. The maximum Gasteiger partial charge on any atom is 0.251 e. The molecule has 0 aromatic rings. The summed E-state index contributed by atoms with van der Waals surface area (Å²) in [4.78, 5) is 22.1. The van der Waals surface area contributed by atoms with Crippen LogP contribution in [-0.2, 0) is 19.1 Å². The van der Waals surface area contributed by atoms with Crippen LogP contribution >= 0.6 is 0 Å². The number of hydrogen-bond acceptors (Lipinski definition) is 4. The minimum absolute atomic E-state index is 0.229. The second-order valence-corrected chi connectivity index (χ2v) is 2.97. The first kappa shape index (κ1) is 8.10. The Labute approximate surface area is 74.7 Å². The van der Waals surface area contributed by atoms with Gasteiger partial charge in [-0.05, 0) is 6.42 Å². The number of imide groups is 1. The summed E-state index contributed by atoms with van der Waals surface area (Å²) in [5.74, 6) is -0.926. The summed E-state index contributed by atoms with van der Waals surface area (Å²) in [6.07, 6.45) is 3.06. The van der Waals surface area contributed by atoms with Crippen LogP contribution in [0.25, 0.3) is 0 Å². The molecule has 2 aliphatic heterocycles. The second-order valence-electron chi connectivity index (χ2n) is 2.97. The molecule has 2 amide bonds. The first-order chi connectivity index (χ1) is 6.27. The lowest BCUT2D eigenvalue weighted by atomic mass is 9.98. The molecule has 1 fully saturated rings. The number of rotatable bonds is 1. The molecule has 2 heterocycles. The number of carbonyl (C=O) groups is 2. The van der Waals surface area contributed by atoms with Gasteiger partial charge in [0.2, 0.25) is 11.8 Å². The summed E-state index contributed by atoms with van der Waals surface area (Å²) in [6.45, 7) is 0. The average Bonchev–Trinajstić information content (AvgIpc) is 2.56. The average molecular weight is 183 g/mol. The third-order valence-corrected chi connectivity index (χ3v) is 2.09. The summed E-state index contributed by atoms with van der Waals surface area (Å²) in [5.41, 5.74) is 0. The zero-order valence-electron chi connectivity index (χ0n) is 6.86. The molecule has 5 heteroatoms. The van der Waals surface area contributed by atoms with Gasteiger partial charge in [-0.15, -0.1) is 0 Å². The molecule has 5 nitrogen and oxygen atoms in total. The smallest absolute Gasteiger partial charge is 0.251 e. The van der Waals surface area contributed by atoms with Crippen LogP contribution in [0.3, 0.4) is 0 Å². The predicted molar refractivity (Wildman–Crippen MR) is 41.0 cm³/mol. The Hall–Kier alpha value is -1.52. The van der Waals surface area contributed by atoms with Crippen molar-refractivity contribution in [2.75, 3.05) is 0 Å². The van der Waals surface area contributed by atoms with E-state index in [0.29, 0.717) is 12.8 Å². The summed E-state index contributed by atoms with van der Waals surface area (Å²) >= 11 is 0. The molecule has 0 aromatic heterocycles. The lowest BCUT2D eigenvalue weighted by molar-refractivity contribution is -0.147. The molecular weight excluding hydrogens is 174 g/mol. The van der Waals surface area contributed by atoms with E-state index in [9.17, 15) is 9.59 Å². The molecule has 0 bridgehead atoms. The van der Waals surface area contributed by atoms with Crippen molar-refractivity contribution in [3.8, 4) is 0 Å². The minimum Gasteiger partial charge on any atom is -0.458 e. The summed E-state index contributed by atoms with van der Waals surface area (Å²) in [7, 11) is 0. The van der Waals surface area contributed by atoms with Gasteiger partial charge in [-0.1, -0.05) is 0 Å². The number of piperidine rings is 1. The van der Waals surface area contributed by atoms with E-state index in [2.05, 4.69) is 5.32 Å². The van der Waals surface area contributed by atoms with Gasteiger partial charge in [0.15, 0.2) is 0 Å². The molecule has 0 aromatic carbocycles. The van der Waals surface area contributed by atoms with Gasteiger partial charge >= 0.3 is 0 Å². The van der Waals surface area contributed by atoms with E-state index in [1.54, 1.807) is 0 Å². The summed E-state index contributed by atoms with van der Waals surface area (Å²) < 4.78 is 10.0. The van der Waals surface area contributed by atoms with E-state index in [1.807, 2.05) is 0 Å². The van der Waals surface area contributed by atoms with Gasteiger partial charge in [0.05, 0.1) is 0 Å². The van der Waals surface area contributed by atoms with Crippen LogP contribution < -0.4 is 5.32 Å². The van der Waals surface area contributed by atoms with Crippen molar-refractivity contribution in [2.24, 2.45) is 5.92 Å². The Kier molecular flexibility index (Phi) is 1.92. The third-order valence-electron chi connectivity index (χ3n) is 2.09. The first-order valence-electron chi connectivity index (χ1n) is 4.07. The zero-order valence-corrected chi connectivity index (χ0v) is 6.86. The van der Waals surface area contributed by atoms with E-state index in [-0.39, 0.29) is 17.7 Å². The van der Waals surface area contributed by atoms with E-state index < -0.39 is 6.29 Å². The SMILES string of the molecule is O=C1CCC(C2OC=CO2)C(=O)N1. The van der Waals surface area contributed by atoms with Crippen LogP contribution in [-0.4, -0.2) is 18.1 Å². The van der Waals surface area contributed by atoms with Gasteiger partial charge in [0.25, 0.3) is 6.29 Å². The van der Waals surface area contributed by atoms with Crippen molar-refractivity contribution in [1.82, 2.24) is 5.32 Å². The number of hydrogen-bond donors (Lipinski definition) is 1. The normalized spacial score (nSPS) is 28.2. The Morgan fingerprint density at radius 3 is 2.62 bits per heavy atom. The fourth-order valence-electron chi connectivity index (χ4n) is 1.41. The summed E-state index contributed by atoms with van der Waals surface area (Å²) in [5, 5.41) is 2.24. The highest BCUT2D eigenvalue weighted by Crippen LogP contribution is 2.22. The standard InChI is InChI=1S/C8H9NO4/c10-6-2-1-5(7(11)9-6)8-12-3-4-13-8/h3-5,8H,1-2H2,(H,9,10,11). The van der Waals surface area contributed by atoms with Crippen LogP contribution in [0.1, 0.15) is 12.8 Å². The molecule has 70 valence electrons. The lowest BCUT2D eigenvalue weighted by Gasteiger charge is -2.24. The first-order valence-corrected chi connectivity index (χ1v) is 4.07. The van der Waals surface area contributed by atoms with E-state index in [4.69, 9.17) is 9.47 Å². The molecule has 2 aliphatic rings. The number of ether oxygens (including phenoxy) is 2. The number of amides is 2. The molecule has 0 radical (unpaired) electrons. The molecular formula is C8H9NO4. The fraction of sp³-hybridized carbons (Fsp3) is 0.500. The Balaban J connectivity index is 1.99. The highest BCUT2D eigenvalue weighted by molar-refractivity contribution is 5.98. The van der Waals surface area contributed by atoms with E-state index in [0.717, 1.165) is 0 Å². The summed E-state index contributed by atoms with van der Waals surface area (Å²) in [6, 6.07) is 0. The number of carbonyl (C=O) groups excluding carboxylic acids is 2. The molecule has 13 heavy (non-hydrogen) atoms. The van der Waals surface area contributed by atoms with Crippen molar-refractivity contribution < 1.29 is 19.1 Å². The molecule has 1 saturated heterocycles. The largest absolute Gasteiger partial charge is 0.458 e. The van der Waals surface area contributed by atoms with Gasteiger partial charge in [0, 0.05) is 6.42 Å². The van der Waals surface area contributed by atoms with Crippen molar-refractivity contribution in [3.05, 3.63) is 12.5 Å². The molecule has 1 atom stereocenters. The topological polar surface area (TPSA) is 64.6 Å². The van der Waals surface area contributed by atoms with Crippen LogP contribution in [0.5, 0.6) is 0 Å². The van der Waals surface area contributed by atoms with Crippen molar-refractivity contribution >= 4 is 11.8 Å². The van der Waals surface area contributed by atoms with Crippen LogP contribution in [0.4, 0.5) is 0 Å². The molecule has 0 saturated carbocycles. The molecule has 1 N–H and O–H groups in total. The predicted octanol–water partition coefficient (Wildman–Crippen LogP) is -0.117. The quantitative estimate of drug-likeness (QED) is 0.576. The van der Waals surface area contributed by atoms with Gasteiger partial charge in [0.1, 0.15) is 18.4 Å². The maximum absolute atomic E-state index is 11.3. The van der Waals surface area contributed by atoms with Gasteiger partial charge < -0.3 is 9.47 Å². The fourth-order valence-corrected chi connectivity index (χ4v) is 1.41. The zero-order chi connectivity index (χ0) is 9.26. The van der Waals surface area contributed by atoms with Crippen LogP contribution in [0.2, 0.25) is 0 Å². The van der Waals surface area contributed by atoms with Gasteiger partial charge in [-0.2, -0.15) is 0 Å². The minimum atomic E-state index is -0.562. The van der Waals surface area contributed by atoms with E-state index in [1.165, 1.54) is 12.5 Å². The lowest BCUT2D eigenvalue weighted by Crippen LogP contribution is -2.45. The van der Waals surface area contributed by atoms with Crippen molar-refractivity contribution in [2.45, 2.75) is 19.1 Å². The van der Waals surface area contributed by atoms with Crippen molar-refractivity contribution in [1.29, 1.82) is 0 Å². The molecule has 0 spiro atoms. The van der Waals surface area contributed by atoms with Crippen molar-refractivity contribution in [3.63, 3.8) is 0 Å². The van der Waals surface area contributed by atoms with E-state index >= 15 is 0 Å². The van der Waals surface area contributed by atoms with Gasteiger partial charge in [-0.25, -0.2) is 0 Å². The highest BCUT2D eigenvalue weighted by Gasteiger charge is 2.36. The number of nitrogens with one attached hydrogen (secondary N) is 1. The Morgan fingerprint density at radius 1 is 1.31 bits per heavy atom. The Morgan fingerprint density at radius 2 is 2.00 bits per heavy atom. The van der Waals surface area contributed by atoms with Crippen LogP contribution in [0, 0.1) is 5.92 Å².